The van der Waals surface area contributed by atoms with Crippen molar-refractivity contribution in [3.8, 4) is 0 Å². The second kappa shape index (κ2) is 11.0. The Bertz CT molecular complexity index is 633. The molecular weight excluding hydrogens is 451 g/mol. The number of nitrogens with zero attached hydrogens (tertiary/aromatic N) is 2. The topological polar surface area (TPSA) is 73.8 Å². The van der Waals surface area contributed by atoms with E-state index in [1.165, 1.54) is 11.1 Å². The molecule has 1 aliphatic rings. The highest BCUT2D eigenvalue weighted by Crippen LogP contribution is 2.04. The maximum absolute atomic E-state index is 11.4. The summed E-state index contributed by atoms with van der Waals surface area (Å²) in [4.78, 5) is 6.78. The molecule has 0 spiro atoms. The minimum atomic E-state index is -2.81. The lowest BCUT2D eigenvalue weighted by Gasteiger charge is -2.26. The molecule has 0 bridgehead atoms. The number of sulfone groups is 1. The summed E-state index contributed by atoms with van der Waals surface area (Å²) in [7, 11) is -2.81. The predicted octanol–water partition coefficient (Wildman–Crippen LogP) is 1.40. The number of aryl methyl sites for hydroxylation is 1. The van der Waals surface area contributed by atoms with Crippen molar-refractivity contribution in [3.05, 3.63) is 35.4 Å². The van der Waals surface area contributed by atoms with Crippen LogP contribution < -0.4 is 10.6 Å². The number of halogens is 1. The normalized spacial score (nSPS) is 17.6. The molecule has 1 aromatic carbocycles. The highest BCUT2D eigenvalue weighted by atomic mass is 127. The van der Waals surface area contributed by atoms with Crippen molar-refractivity contribution in [2.45, 2.75) is 20.4 Å². The molecule has 6 nitrogen and oxygen atoms in total. The van der Waals surface area contributed by atoms with E-state index in [9.17, 15) is 8.42 Å². The Morgan fingerprint density at radius 2 is 1.80 bits per heavy atom. The number of nitrogens with one attached hydrogen (secondary N) is 2. The van der Waals surface area contributed by atoms with Crippen LogP contribution in [0.4, 0.5) is 0 Å². The summed E-state index contributed by atoms with van der Waals surface area (Å²) in [5.74, 6) is 1.34. The lowest BCUT2D eigenvalue weighted by atomic mass is 10.1. The van der Waals surface area contributed by atoms with Crippen molar-refractivity contribution in [2.75, 3.05) is 44.2 Å². The van der Waals surface area contributed by atoms with E-state index in [1.54, 1.807) is 0 Å². The molecule has 2 rings (SSSR count). The molecule has 0 saturated carbocycles. The number of aliphatic imine (C=N–C) groups is 1. The third kappa shape index (κ3) is 8.37. The van der Waals surface area contributed by atoms with Gasteiger partial charge in [0.2, 0.25) is 0 Å². The molecular formula is C17H29IN4O2S. The zero-order valence-electron chi connectivity index (χ0n) is 15.0. The Kier molecular flexibility index (Phi) is 9.73. The zero-order chi connectivity index (χ0) is 17.4. The number of rotatable bonds is 6. The van der Waals surface area contributed by atoms with Gasteiger partial charge in [-0.15, -0.1) is 24.0 Å². The van der Waals surface area contributed by atoms with Gasteiger partial charge in [0.25, 0.3) is 0 Å². The summed E-state index contributed by atoms with van der Waals surface area (Å²) in [5.41, 5.74) is 2.43. The molecule has 1 saturated heterocycles. The molecule has 142 valence electrons. The van der Waals surface area contributed by atoms with Gasteiger partial charge in [0.15, 0.2) is 15.8 Å². The van der Waals surface area contributed by atoms with E-state index in [-0.39, 0.29) is 35.5 Å². The average Bonchev–Trinajstić information content (AvgIpc) is 2.55. The van der Waals surface area contributed by atoms with E-state index in [2.05, 4.69) is 51.7 Å². The molecule has 1 fully saturated rings. The second-order valence-corrected chi connectivity index (χ2v) is 8.40. The van der Waals surface area contributed by atoms with Gasteiger partial charge in [-0.1, -0.05) is 29.8 Å². The van der Waals surface area contributed by atoms with Gasteiger partial charge < -0.3 is 10.6 Å². The van der Waals surface area contributed by atoms with Gasteiger partial charge in [0.1, 0.15) is 0 Å². The van der Waals surface area contributed by atoms with E-state index in [4.69, 9.17) is 0 Å². The first-order valence-corrected chi connectivity index (χ1v) is 10.3. The van der Waals surface area contributed by atoms with Crippen molar-refractivity contribution < 1.29 is 8.42 Å². The van der Waals surface area contributed by atoms with Crippen LogP contribution in [0.1, 0.15) is 18.1 Å². The summed E-state index contributed by atoms with van der Waals surface area (Å²) in [6, 6.07) is 8.37. The van der Waals surface area contributed by atoms with Crippen molar-refractivity contribution in [1.29, 1.82) is 0 Å². The maximum Gasteiger partial charge on any atom is 0.191 e. The van der Waals surface area contributed by atoms with Crippen LogP contribution in [0, 0.1) is 6.92 Å². The van der Waals surface area contributed by atoms with Crippen molar-refractivity contribution in [2.24, 2.45) is 4.99 Å². The quantitative estimate of drug-likeness (QED) is 0.366. The Morgan fingerprint density at radius 3 is 2.40 bits per heavy atom. The number of hydrogen-bond donors (Lipinski definition) is 2. The summed E-state index contributed by atoms with van der Waals surface area (Å²) in [6.45, 7) is 8.38. The highest BCUT2D eigenvalue weighted by Gasteiger charge is 2.20. The number of hydrogen-bond acceptors (Lipinski definition) is 4. The Balaban J connectivity index is 0.00000312. The van der Waals surface area contributed by atoms with Crippen molar-refractivity contribution in [1.82, 2.24) is 15.5 Å². The summed E-state index contributed by atoms with van der Waals surface area (Å²) >= 11 is 0. The first-order valence-electron chi connectivity index (χ1n) is 8.49. The Hall–Kier alpha value is -0.870. The van der Waals surface area contributed by atoms with Gasteiger partial charge in [0, 0.05) is 32.7 Å². The van der Waals surface area contributed by atoms with Crippen LogP contribution >= 0.6 is 24.0 Å². The highest BCUT2D eigenvalue weighted by molar-refractivity contribution is 14.0. The summed E-state index contributed by atoms with van der Waals surface area (Å²) in [5, 5.41) is 6.56. The summed E-state index contributed by atoms with van der Waals surface area (Å²) < 4.78 is 22.9. The van der Waals surface area contributed by atoms with E-state index in [0.29, 0.717) is 19.6 Å². The van der Waals surface area contributed by atoms with Gasteiger partial charge >= 0.3 is 0 Å². The van der Waals surface area contributed by atoms with Gasteiger partial charge in [-0.3, -0.25) is 4.90 Å². The van der Waals surface area contributed by atoms with E-state index in [0.717, 1.165) is 25.6 Å². The lowest BCUT2D eigenvalue weighted by Crippen LogP contribution is -2.45. The van der Waals surface area contributed by atoms with Crippen LogP contribution in [0.5, 0.6) is 0 Å². The van der Waals surface area contributed by atoms with Crippen LogP contribution in [0.25, 0.3) is 0 Å². The summed E-state index contributed by atoms with van der Waals surface area (Å²) in [6.07, 6.45) is 0. The molecule has 0 aliphatic carbocycles. The predicted molar refractivity (Wildman–Crippen MR) is 115 cm³/mol. The van der Waals surface area contributed by atoms with Crippen LogP contribution in [0.2, 0.25) is 0 Å². The van der Waals surface area contributed by atoms with E-state index >= 15 is 0 Å². The molecule has 0 radical (unpaired) electrons. The fourth-order valence-corrected chi connectivity index (χ4v) is 3.79. The van der Waals surface area contributed by atoms with Crippen LogP contribution in [0.3, 0.4) is 0 Å². The standard InChI is InChI=1S/C17H28N4O2S.HI/c1-3-18-17(20-14-16-6-4-15(2)5-7-16)19-8-9-21-10-12-24(22,23)13-11-21;/h4-7H,3,8-14H2,1-2H3,(H2,18,19,20);1H. The fourth-order valence-electron chi connectivity index (χ4n) is 2.51. The van der Waals surface area contributed by atoms with E-state index < -0.39 is 9.84 Å². The van der Waals surface area contributed by atoms with Crippen LogP contribution in [0.15, 0.2) is 29.3 Å². The monoisotopic (exact) mass is 480 g/mol. The number of guanidine groups is 1. The second-order valence-electron chi connectivity index (χ2n) is 6.10. The lowest BCUT2D eigenvalue weighted by molar-refractivity contribution is 0.299. The largest absolute Gasteiger partial charge is 0.357 e. The Morgan fingerprint density at radius 1 is 1.16 bits per heavy atom. The van der Waals surface area contributed by atoms with Crippen molar-refractivity contribution in [3.63, 3.8) is 0 Å². The zero-order valence-corrected chi connectivity index (χ0v) is 18.1. The molecule has 1 heterocycles. The van der Waals surface area contributed by atoms with Gasteiger partial charge in [-0.25, -0.2) is 13.4 Å². The Labute approximate surface area is 168 Å². The van der Waals surface area contributed by atoms with Gasteiger partial charge in [-0.05, 0) is 19.4 Å². The molecule has 0 atom stereocenters. The first kappa shape index (κ1) is 22.2. The third-order valence-corrected chi connectivity index (χ3v) is 5.65. The van der Waals surface area contributed by atoms with Gasteiger partial charge in [-0.2, -0.15) is 0 Å². The maximum atomic E-state index is 11.4. The third-order valence-electron chi connectivity index (χ3n) is 4.04. The van der Waals surface area contributed by atoms with E-state index in [1.807, 2.05) is 6.92 Å². The minimum Gasteiger partial charge on any atom is -0.357 e. The smallest absolute Gasteiger partial charge is 0.191 e. The molecule has 2 N–H and O–H groups in total. The van der Waals surface area contributed by atoms with Gasteiger partial charge in [0.05, 0.1) is 18.1 Å². The molecule has 1 aromatic rings. The number of benzene rings is 1. The average molecular weight is 480 g/mol. The van der Waals surface area contributed by atoms with Crippen molar-refractivity contribution >= 4 is 39.8 Å². The SMILES string of the molecule is CCNC(=NCc1ccc(C)cc1)NCCN1CCS(=O)(=O)CC1.I. The molecule has 8 heteroatoms. The molecule has 0 aromatic heterocycles. The minimum absolute atomic E-state index is 0. The molecule has 1 aliphatic heterocycles. The van der Waals surface area contributed by atoms with Crippen LogP contribution in [-0.2, 0) is 16.4 Å². The van der Waals surface area contributed by atoms with Crippen LogP contribution in [-0.4, -0.2) is 63.5 Å². The molecule has 0 unspecified atom stereocenters. The molecule has 0 amide bonds. The molecule has 25 heavy (non-hydrogen) atoms. The first-order chi connectivity index (χ1) is 11.5. The fraction of sp³-hybridized carbons (Fsp3) is 0.588.